The number of aromatic nitrogens is 6. The van der Waals surface area contributed by atoms with Crippen LogP contribution in [0.1, 0.15) is 87.0 Å². The second-order valence-corrected chi connectivity index (χ2v) is 30.3. The lowest BCUT2D eigenvalue weighted by atomic mass is 10.0. The molecule has 6 amide bonds. The smallest absolute Gasteiger partial charge is 0.240 e. The highest BCUT2D eigenvalue weighted by molar-refractivity contribution is 6.30. The van der Waals surface area contributed by atoms with Gasteiger partial charge in [0.2, 0.25) is 35.4 Å². The molecule has 6 heterocycles. The number of nitrogens with two attached hydrogens (primary N) is 3. The maximum atomic E-state index is 14.2. The lowest BCUT2D eigenvalue weighted by Gasteiger charge is -2.30. The molecule has 3 aliphatic rings. The molecule has 0 spiro atoms. The number of imidazole rings is 3. The Kier molecular flexibility index (Phi) is 28.6. The Balaban J connectivity index is 0.000000159. The van der Waals surface area contributed by atoms with Crippen molar-refractivity contribution in [1.29, 1.82) is 0 Å². The second kappa shape index (κ2) is 40.3. The quantitative estimate of drug-likeness (QED) is 0.0228. The van der Waals surface area contributed by atoms with Gasteiger partial charge < -0.3 is 77.5 Å². The first-order valence-corrected chi connectivity index (χ1v) is 40.8. The van der Waals surface area contributed by atoms with E-state index in [4.69, 9.17) is 43.8 Å². The summed E-state index contributed by atoms with van der Waals surface area (Å²) >= 11 is 5.85. The van der Waals surface area contributed by atoms with Crippen LogP contribution in [0.25, 0.3) is 33.8 Å². The number of nitrogens with zero attached hydrogens (tertiary/aromatic N) is 9. The highest BCUT2D eigenvalue weighted by Gasteiger charge is 2.34. The number of hydrogen-bond donors (Lipinski definition) is 9. The molecule has 3 atom stereocenters. The molecule has 0 bridgehead atoms. The van der Waals surface area contributed by atoms with Crippen molar-refractivity contribution in [2.75, 3.05) is 51.5 Å². The zero-order valence-corrected chi connectivity index (χ0v) is 68.6. The number of amides is 6. The van der Waals surface area contributed by atoms with E-state index >= 15 is 0 Å². The summed E-state index contributed by atoms with van der Waals surface area (Å²) in [6.45, 7) is 8.80. The summed E-state index contributed by atoms with van der Waals surface area (Å²) in [4.78, 5) is 94.5. The molecule has 0 saturated heterocycles. The number of fused-ring (bicyclic) bond motifs is 3. The zero-order valence-electron chi connectivity index (χ0n) is 67.8. The second-order valence-electron chi connectivity index (χ2n) is 29.9. The number of halogens is 7. The van der Waals surface area contributed by atoms with E-state index < -0.39 is 29.8 Å². The van der Waals surface area contributed by atoms with E-state index in [1.54, 1.807) is 120 Å². The van der Waals surface area contributed by atoms with Gasteiger partial charge in [0, 0.05) is 109 Å². The maximum absolute atomic E-state index is 14.2. The Morgan fingerprint density at radius 3 is 0.992 bits per heavy atom. The molecular weight excluding hydrogens is 1600 g/mol. The third kappa shape index (κ3) is 22.4. The number of carbonyl (C=O) groups is 6. The highest BCUT2D eigenvalue weighted by Crippen LogP contribution is 2.39. The monoisotopic (exact) mass is 1690 g/mol. The highest BCUT2D eigenvalue weighted by atomic mass is 35.5. The fourth-order valence-electron chi connectivity index (χ4n) is 14.5. The molecule has 0 aliphatic carbocycles. The Morgan fingerprint density at radius 2 is 0.683 bits per heavy atom. The molecular formula is C92H93ClF6N18O6. The standard InChI is InChI=1S/C32H34F2N6O2.C30H29ClF2N6O2.C30H30F2N6O2/c1-2-3-7-29(41)36-25-12-8-21(9-13-25)18-27(35)32(42)39-16-17-40-28(20-39)38-30(22-5-4-6-24(34)19-22)31(40)37-26-14-10-23(33)11-15-26;1-2-27(40)35-21-8-6-18(7-9-21)14-25(34)30(41)38-12-13-39-26(17-38)37-28(19-4-3-5-20(32)15-19)29(39)36-22-10-11-23(31)24(33)16-22;1-2-27(39)34-23-10-6-19(7-11-23)16-25(33)30(40)37-14-15-38-26(18-37)36-28(20-4-3-5-22(32)17-20)29(38)35-24-12-8-21(31)9-13-24/h4-6,8-15,19,27,37H,2-3,7,16-18,20,35H2,1H3,(H,36,41);3-11,15-16,25,36H,2,12-14,17,34H2,1H3,(H,35,40);3-13,17,25,35H,2,14-16,18,33H2,1H3,(H,34,39)/t27-;2*25-/m000/s1. The minimum atomic E-state index is -0.773. The Bertz CT molecular complexity index is 5780. The van der Waals surface area contributed by atoms with E-state index in [0.717, 1.165) is 29.5 Å². The van der Waals surface area contributed by atoms with E-state index in [2.05, 4.69) is 31.9 Å². The van der Waals surface area contributed by atoms with Crippen molar-refractivity contribution in [2.45, 2.75) is 130 Å². The lowest BCUT2D eigenvalue weighted by Crippen LogP contribution is -2.47. The summed E-state index contributed by atoms with van der Waals surface area (Å²) in [6.07, 6.45) is 4.08. The maximum Gasteiger partial charge on any atom is 0.240 e. The molecule has 24 nitrogen and oxygen atoms in total. The third-order valence-corrected chi connectivity index (χ3v) is 21.3. The van der Waals surface area contributed by atoms with Crippen LogP contribution < -0.4 is 49.1 Å². The molecule has 3 aliphatic heterocycles. The molecule has 0 unspecified atom stereocenters. The Hall–Kier alpha value is -13.4. The molecule has 3 aromatic heterocycles. The van der Waals surface area contributed by atoms with Crippen LogP contribution in [0.3, 0.4) is 0 Å². The van der Waals surface area contributed by atoms with Crippen LogP contribution in [0.15, 0.2) is 212 Å². The summed E-state index contributed by atoms with van der Waals surface area (Å²) < 4.78 is 89.3. The van der Waals surface area contributed by atoms with Crippen LogP contribution >= 0.6 is 11.6 Å². The van der Waals surface area contributed by atoms with Crippen molar-refractivity contribution in [2.24, 2.45) is 17.2 Å². The predicted molar refractivity (Wildman–Crippen MR) is 464 cm³/mol. The largest absolute Gasteiger partial charge is 0.340 e. The number of rotatable bonds is 26. The van der Waals surface area contributed by atoms with E-state index in [1.807, 2.05) is 69.2 Å². The number of nitrogens with one attached hydrogen (secondary N) is 6. The van der Waals surface area contributed by atoms with Gasteiger partial charge in [-0.05, 0) is 182 Å². The number of carbonyl (C=O) groups excluding carboxylic acids is 6. The topological polar surface area (TPSA) is 316 Å². The van der Waals surface area contributed by atoms with E-state index in [0.29, 0.717) is 181 Å². The van der Waals surface area contributed by atoms with Gasteiger partial charge in [-0.1, -0.05) is 112 Å². The van der Waals surface area contributed by atoms with Crippen molar-refractivity contribution in [1.82, 2.24) is 43.4 Å². The van der Waals surface area contributed by atoms with Gasteiger partial charge in [-0.25, -0.2) is 41.3 Å². The zero-order chi connectivity index (χ0) is 87.0. The first-order valence-electron chi connectivity index (χ1n) is 40.5. The van der Waals surface area contributed by atoms with Gasteiger partial charge in [-0.15, -0.1) is 0 Å². The van der Waals surface area contributed by atoms with Gasteiger partial charge in [0.25, 0.3) is 0 Å². The molecule has 12 N–H and O–H groups in total. The van der Waals surface area contributed by atoms with Crippen LogP contribution in [0.2, 0.25) is 5.02 Å². The molecule has 123 heavy (non-hydrogen) atoms. The molecule has 9 aromatic carbocycles. The summed E-state index contributed by atoms with van der Waals surface area (Å²) in [6, 6.07) is 54.2. The summed E-state index contributed by atoms with van der Waals surface area (Å²) in [5.41, 5.74) is 28.7. The Morgan fingerprint density at radius 1 is 0.374 bits per heavy atom. The predicted octanol–water partition coefficient (Wildman–Crippen LogP) is 15.9. The van der Waals surface area contributed by atoms with E-state index in [9.17, 15) is 55.1 Å². The number of hydrogen-bond acceptors (Lipinski definition) is 15. The van der Waals surface area contributed by atoms with Crippen LogP contribution in [0, 0.1) is 34.9 Å². The normalized spacial score (nSPS) is 13.4. The Labute approximate surface area is 711 Å². The van der Waals surface area contributed by atoms with Crippen LogP contribution in [0.4, 0.5) is 77.9 Å². The van der Waals surface area contributed by atoms with Gasteiger partial charge in [0.15, 0.2) is 0 Å². The number of anilines is 9. The summed E-state index contributed by atoms with van der Waals surface area (Å²) in [5, 5.41) is 18.3. The molecule has 12 aromatic rings. The van der Waals surface area contributed by atoms with Crippen LogP contribution in [0.5, 0.6) is 0 Å². The van der Waals surface area contributed by atoms with Gasteiger partial charge in [0.1, 0.15) is 86.9 Å². The minimum Gasteiger partial charge on any atom is -0.340 e. The van der Waals surface area contributed by atoms with Crippen molar-refractivity contribution in [3.05, 3.63) is 286 Å². The van der Waals surface area contributed by atoms with Gasteiger partial charge in [0.05, 0.1) is 42.8 Å². The summed E-state index contributed by atoms with van der Waals surface area (Å²) in [5.74, 6) is 0.442. The average Bonchev–Trinajstić information content (AvgIpc) is 1.63. The lowest BCUT2D eigenvalue weighted by molar-refractivity contribution is -0.134. The molecule has 31 heteroatoms. The molecule has 0 fully saturated rings. The fraction of sp³-hybridized carbons (Fsp3) is 0.250. The van der Waals surface area contributed by atoms with E-state index in [-0.39, 0.29) is 83.4 Å². The number of benzene rings is 9. The first-order chi connectivity index (χ1) is 59.3. The SMILES string of the molecule is CCC(=O)Nc1ccc(C[C@H](N)C(=O)N2CCn3c(nc(-c4cccc(F)c4)c3Nc3ccc(Cl)c(F)c3)C2)cc1.CCC(=O)Nc1ccc(C[C@H](N)C(=O)N2CCn3c(nc(-c4cccc(F)c4)c3Nc3ccc(F)cc3)C2)cc1.CCCCC(=O)Nc1ccc(C[C@H](N)C(=O)N2CCn3c(nc(-c4cccc(F)c4)c3Nc3ccc(F)cc3)C2)cc1. The minimum absolute atomic E-state index is 0.000847. The fourth-order valence-corrected chi connectivity index (χ4v) is 14.6. The van der Waals surface area contributed by atoms with E-state index in [1.165, 1.54) is 72.8 Å². The third-order valence-electron chi connectivity index (χ3n) is 21.0. The van der Waals surface area contributed by atoms with Gasteiger partial charge >= 0.3 is 0 Å². The number of unbranched alkanes of at least 4 members (excludes halogenated alkanes) is 1. The van der Waals surface area contributed by atoms with Crippen molar-refractivity contribution in [3.8, 4) is 33.8 Å². The molecule has 0 saturated carbocycles. The van der Waals surface area contributed by atoms with Crippen molar-refractivity contribution in [3.63, 3.8) is 0 Å². The molecule has 636 valence electrons. The average molecular weight is 1700 g/mol. The summed E-state index contributed by atoms with van der Waals surface area (Å²) in [7, 11) is 0. The molecule has 0 radical (unpaired) electrons. The van der Waals surface area contributed by atoms with Gasteiger partial charge in [-0.2, -0.15) is 0 Å². The van der Waals surface area contributed by atoms with Crippen molar-refractivity contribution >= 4 is 98.6 Å². The van der Waals surface area contributed by atoms with Crippen LogP contribution in [-0.2, 0) is 87.3 Å². The van der Waals surface area contributed by atoms with Gasteiger partial charge in [-0.3, -0.25) is 28.8 Å². The van der Waals surface area contributed by atoms with Crippen LogP contribution in [-0.4, -0.2) is 117 Å². The first kappa shape index (κ1) is 87.4. The molecule has 15 rings (SSSR count). The van der Waals surface area contributed by atoms with Crippen molar-refractivity contribution < 1.29 is 55.1 Å².